The van der Waals surface area contributed by atoms with Crippen LogP contribution in [0.3, 0.4) is 0 Å². The molecule has 1 N–H and O–H groups in total. The van der Waals surface area contributed by atoms with Crippen LogP contribution in [-0.2, 0) is 0 Å². The molecule has 0 fully saturated rings. The minimum absolute atomic E-state index is 0.264. The molecule has 1 aliphatic carbocycles. The molecule has 21 heavy (non-hydrogen) atoms. The van der Waals surface area contributed by atoms with Gasteiger partial charge >= 0.3 is 5.32 Å². The third-order valence-corrected chi connectivity index (χ3v) is 12.1. The van der Waals surface area contributed by atoms with Gasteiger partial charge in [-0.2, -0.15) is 0 Å². The SMILES string of the molecule is CC(C)[Si](/C([N+]#N)=C(\O)C1=CCCCC1)(C(C)C)C(C)C. The van der Waals surface area contributed by atoms with E-state index in [9.17, 15) is 10.5 Å². The highest BCUT2D eigenvalue weighted by molar-refractivity contribution is 6.90. The number of allylic oxidation sites excluding steroid dienone is 2. The van der Waals surface area contributed by atoms with Crippen molar-refractivity contribution >= 4 is 8.07 Å². The van der Waals surface area contributed by atoms with E-state index in [0.717, 1.165) is 24.8 Å². The van der Waals surface area contributed by atoms with Gasteiger partial charge in [-0.15, -0.1) is 0 Å². The zero-order valence-electron chi connectivity index (χ0n) is 14.5. The number of nitrogens with zero attached hydrogens (tertiary/aromatic N) is 2. The summed E-state index contributed by atoms with van der Waals surface area (Å²) in [5, 5.41) is 21.1. The molecular weight excluding hydrogens is 276 g/mol. The molecule has 4 heteroatoms. The fourth-order valence-electron chi connectivity index (χ4n) is 4.36. The van der Waals surface area contributed by atoms with Gasteiger partial charge in [0, 0.05) is 0 Å². The Morgan fingerprint density at radius 2 is 1.62 bits per heavy atom. The third-order valence-electron chi connectivity index (χ3n) is 5.20. The van der Waals surface area contributed by atoms with E-state index in [4.69, 9.17) is 0 Å². The fourth-order valence-corrected chi connectivity index (χ4v) is 10.7. The summed E-state index contributed by atoms with van der Waals surface area (Å²) in [5.41, 5.74) is 2.21. The van der Waals surface area contributed by atoms with E-state index in [2.05, 4.69) is 52.6 Å². The largest absolute Gasteiger partial charge is 0.502 e. The van der Waals surface area contributed by atoms with Crippen molar-refractivity contribution in [1.29, 1.82) is 5.39 Å². The lowest BCUT2D eigenvalue weighted by Crippen LogP contribution is -2.46. The fraction of sp³-hybridized carbons (Fsp3) is 0.765. The van der Waals surface area contributed by atoms with E-state index >= 15 is 0 Å². The first-order chi connectivity index (χ1) is 9.79. The van der Waals surface area contributed by atoms with Crippen molar-refractivity contribution in [3.05, 3.63) is 27.7 Å². The molecule has 0 saturated carbocycles. The quantitative estimate of drug-likeness (QED) is 0.366. The standard InChI is InChI=1S/C17H30N2OSi/c1-12(2)21(13(3)4,14(5)6)17(19-18)16(20)15-10-8-7-9-11-15/h10,12-14H,7-9,11H2,1-6H3/p+1/b17-16-. The molecule has 0 aromatic rings. The molecule has 0 amide bonds. The Bertz CT molecular complexity index is 448. The first kappa shape index (κ1) is 18.0. The summed E-state index contributed by atoms with van der Waals surface area (Å²) in [6.45, 7) is 13.2. The Labute approximate surface area is 130 Å². The van der Waals surface area contributed by atoms with E-state index in [-0.39, 0.29) is 5.76 Å². The number of diazo groups is 1. The lowest BCUT2D eigenvalue weighted by atomic mass is 9.98. The molecule has 0 unspecified atom stereocenters. The van der Waals surface area contributed by atoms with Crippen LogP contribution >= 0.6 is 0 Å². The summed E-state index contributed by atoms with van der Waals surface area (Å²) in [5.74, 6) is 0.264. The van der Waals surface area contributed by atoms with Crippen molar-refractivity contribution in [2.45, 2.75) is 83.8 Å². The Morgan fingerprint density at radius 3 is 1.95 bits per heavy atom. The molecule has 0 saturated heterocycles. The number of aliphatic hydroxyl groups is 1. The average molecular weight is 308 g/mol. The van der Waals surface area contributed by atoms with Gasteiger partial charge in [-0.05, 0) is 47.9 Å². The minimum Gasteiger partial charge on any atom is -0.502 e. The number of hydrogen-bond donors (Lipinski definition) is 1. The van der Waals surface area contributed by atoms with Gasteiger partial charge < -0.3 is 5.11 Å². The molecule has 0 spiro atoms. The minimum atomic E-state index is -2.13. The summed E-state index contributed by atoms with van der Waals surface area (Å²) in [7, 11) is -2.13. The maximum absolute atomic E-state index is 10.8. The zero-order chi connectivity index (χ0) is 16.2. The van der Waals surface area contributed by atoms with Gasteiger partial charge in [-0.1, -0.05) is 47.6 Å². The number of rotatable bonds is 5. The molecule has 1 aliphatic rings. The highest BCUT2D eigenvalue weighted by atomic mass is 28.3. The Kier molecular flexibility index (Phi) is 6.21. The van der Waals surface area contributed by atoms with Crippen LogP contribution in [-0.4, -0.2) is 13.2 Å². The summed E-state index contributed by atoms with van der Waals surface area (Å²) in [4.78, 5) is 3.65. The van der Waals surface area contributed by atoms with Crippen LogP contribution in [0.25, 0.3) is 4.98 Å². The second kappa shape index (κ2) is 7.26. The number of hydrogen-bond acceptors (Lipinski definition) is 2. The van der Waals surface area contributed by atoms with Gasteiger partial charge in [0.25, 0.3) is 0 Å². The Balaban J connectivity index is 3.51. The van der Waals surface area contributed by atoms with Crippen molar-refractivity contribution in [3.8, 4) is 0 Å². The maximum atomic E-state index is 10.8. The van der Waals surface area contributed by atoms with Crippen molar-refractivity contribution < 1.29 is 5.11 Å². The smallest absolute Gasteiger partial charge is 0.368 e. The van der Waals surface area contributed by atoms with Crippen molar-refractivity contribution in [2.75, 3.05) is 0 Å². The summed E-state index contributed by atoms with van der Waals surface area (Å²) in [6, 6.07) is 0. The van der Waals surface area contributed by atoms with Gasteiger partial charge in [-0.3, -0.25) is 0 Å². The van der Waals surface area contributed by atoms with Crippen LogP contribution in [0.2, 0.25) is 16.6 Å². The first-order valence-corrected chi connectivity index (χ1v) is 10.5. The predicted molar refractivity (Wildman–Crippen MR) is 92.3 cm³/mol. The molecule has 118 valence electrons. The second-order valence-corrected chi connectivity index (χ2v) is 13.0. The zero-order valence-corrected chi connectivity index (χ0v) is 15.5. The molecule has 1 rings (SSSR count). The molecule has 3 nitrogen and oxygen atoms in total. The Morgan fingerprint density at radius 1 is 1.10 bits per heavy atom. The van der Waals surface area contributed by atoms with Crippen LogP contribution in [0.5, 0.6) is 0 Å². The highest BCUT2D eigenvalue weighted by Gasteiger charge is 2.57. The molecule has 0 aliphatic heterocycles. The molecular formula is C17H31N2OSi+. The molecule has 0 radical (unpaired) electrons. The summed E-state index contributed by atoms with van der Waals surface area (Å²) >= 11 is 0. The Hall–Kier alpha value is -1.08. The first-order valence-electron chi connectivity index (χ1n) is 8.28. The molecule has 0 bridgehead atoms. The van der Waals surface area contributed by atoms with Gasteiger partial charge in [0.1, 0.15) is 0 Å². The van der Waals surface area contributed by atoms with Crippen LogP contribution in [0, 0.1) is 5.39 Å². The van der Waals surface area contributed by atoms with Crippen molar-refractivity contribution in [2.24, 2.45) is 0 Å². The lowest BCUT2D eigenvalue weighted by molar-refractivity contribution is 0.411. The van der Waals surface area contributed by atoms with Crippen LogP contribution in [0.4, 0.5) is 0 Å². The van der Waals surface area contributed by atoms with E-state index in [1.54, 1.807) is 0 Å². The second-order valence-electron chi connectivity index (χ2n) is 7.17. The van der Waals surface area contributed by atoms with E-state index in [0.29, 0.717) is 21.9 Å². The third kappa shape index (κ3) is 3.23. The van der Waals surface area contributed by atoms with E-state index in [1.165, 1.54) is 6.42 Å². The monoisotopic (exact) mass is 307 g/mol. The topological polar surface area (TPSA) is 48.4 Å². The van der Waals surface area contributed by atoms with Crippen LogP contribution < -0.4 is 0 Å². The highest BCUT2D eigenvalue weighted by Crippen LogP contribution is 2.48. The van der Waals surface area contributed by atoms with Crippen LogP contribution in [0.1, 0.15) is 67.2 Å². The molecule has 0 heterocycles. The summed E-state index contributed by atoms with van der Waals surface area (Å²) < 4.78 is 0. The number of aliphatic hydroxyl groups excluding tert-OH is 1. The molecule has 0 aromatic carbocycles. The van der Waals surface area contributed by atoms with Gasteiger partial charge in [0.2, 0.25) is 19.2 Å². The predicted octanol–water partition coefficient (Wildman–Crippen LogP) is 6.33. The van der Waals surface area contributed by atoms with Gasteiger partial charge in [0.05, 0.1) is 0 Å². The van der Waals surface area contributed by atoms with Gasteiger partial charge in [0.15, 0.2) is 4.98 Å². The van der Waals surface area contributed by atoms with Crippen molar-refractivity contribution in [1.82, 2.24) is 0 Å². The average Bonchev–Trinajstić information content (AvgIpc) is 2.43. The van der Waals surface area contributed by atoms with Crippen molar-refractivity contribution in [3.63, 3.8) is 0 Å². The van der Waals surface area contributed by atoms with Crippen LogP contribution in [0.15, 0.2) is 22.7 Å². The summed E-state index contributed by atoms with van der Waals surface area (Å²) in [6.07, 6.45) is 6.31. The van der Waals surface area contributed by atoms with Gasteiger partial charge in [-0.25, -0.2) is 0 Å². The molecule has 0 atom stereocenters. The lowest BCUT2D eigenvalue weighted by Gasteiger charge is -2.36. The normalized spacial score (nSPS) is 17.8. The molecule has 0 aromatic heterocycles. The van der Waals surface area contributed by atoms with E-state index in [1.807, 2.05) is 0 Å². The maximum Gasteiger partial charge on any atom is 0.368 e. The van der Waals surface area contributed by atoms with E-state index < -0.39 is 8.07 Å².